The van der Waals surface area contributed by atoms with Crippen LogP contribution in [-0.4, -0.2) is 41.2 Å². The largest absolute Gasteiger partial charge is 0.391 e. The Morgan fingerprint density at radius 1 is 1.27 bits per heavy atom. The fourth-order valence-electron chi connectivity index (χ4n) is 2.95. The Balaban J connectivity index is 1.76. The van der Waals surface area contributed by atoms with E-state index in [9.17, 15) is 9.90 Å². The lowest BCUT2D eigenvalue weighted by Gasteiger charge is -2.18. The van der Waals surface area contributed by atoms with E-state index in [-0.39, 0.29) is 12.0 Å². The maximum absolute atomic E-state index is 12.5. The molecule has 2 N–H and O–H groups in total. The van der Waals surface area contributed by atoms with E-state index in [1.807, 2.05) is 35.2 Å². The third-order valence-corrected chi connectivity index (χ3v) is 4.35. The molecule has 1 aliphatic carbocycles. The zero-order chi connectivity index (χ0) is 15.1. The third-order valence-electron chi connectivity index (χ3n) is 4.35. The maximum Gasteiger partial charge on any atom is 0.252 e. The van der Waals surface area contributed by atoms with E-state index in [0.29, 0.717) is 18.2 Å². The van der Waals surface area contributed by atoms with Crippen LogP contribution in [0.4, 0.5) is 5.82 Å². The summed E-state index contributed by atoms with van der Waals surface area (Å²) in [5.74, 6) is 0.748. The molecular formula is C17H19N3O2. The number of aromatic nitrogens is 1. The average molecular weight is 297 g/mol. The highest BCUT2D eigenvalue weighted by Crippen LogP contribution is 2.27. The highest BCUT2D eigenvalue weighted by Gasteiger charge is 2.26. The van der Waals surface area contributed by atoms with Gasteiger partial charge in [0.2, 0.25) is 0 Å². The molecule has 0 radical (unpaired) electrons. The van der Waals surface area contributed by atoms with Gasteiger partial charge in [0.05, 0.1) is 17.2 Å². The van der Waals surface area contributed by atoms with Crippen LogP contribution in [0.5, 0.6) is 0 Å². The number of benzene rings is 1. The summed E-state index contributed by atoms with van der Waals surface area (Å²) in [6.07, 6.45) is 2.58. The minimum Gasteiger partial charge on any atom is -0.391 e. The van der Waals surface area contributed by atoms with Gasteiger partial charge in [0.1, 0.15) is 5.82 Å². The van der Waals surface area contributed by atoms with Crippen molar-refractivity contribution in [2.75, 3.05) is 18.0 Å². The zero-order valence-electron chi connectivity index (χ0n) is 12.3. The molecule has 5 nitrogen and oxygen atoms in total. The summed E-state index contributed by atoms with van der Waals surface area (Å²) in [5.41, 5.74) is 1.50. The molecule has 1 saturated heterocycles. The number of hydrogen-bond acceptors (Lipinski definition) is 4. The number of hydrogen-bond donors (Lipinski definition) is 2. The van der Waals surface area contributed by atoms with Crippen molar-refractivity contribution in [1.82, 2.24) is 10.3 Å². The number of nitrogens with one attached hydrogen (secondary N) is 1. The first-order valence-electron chi connectivity index (χ1n) is 7.84. The van der Waals surface area contributed by atoms with Gasteiger partial charge in [-0.05, 0) is 31.4 Å². The van der Waals surface area contributed by atoms with Crippen LogP contribution in [0.25, 0.3) is 10.9 Å². The molecule has 1 amide bonds. The number of carbonyl (C=O) groups excluding carboxylic acids is 1. The topological polar surface area (TPSA) is 65.5 Å². The van der Waals surface area contributed by atoms with Crippen LogP contribution < -0.4 is 10.2 Å². The van der Waals surface area contributed by atoms with E-state index < -0.39 is 0 Å². The van der Waals surface area contributed by atoms with E-state index in [1.165, 1.54) is 0 Å². The fraction of sp³-hybridized carbons (Fsp3) is 0.412. The van der Waals surface area contributed by atoms with Gasteiger partial charge in [-0.1, -0.05) is 18.2 Å². The highest BCUT2D eigenvalue weighted by atomic mass is 16.3. The van der Waals surface area contributed by atoms with E-state index in [2.05, 4.69) is 10.3 Å². The number of para-hydroxylation sites is 1. The van der Waals surface area contributed by atoms with E-state index in [1.54, 1.807) is 0 Å². The van der Waals surface area contributed by atoms with Gasteiger partial charge in [0.15, 0.2) is 0 Å². The molecule has 2 heterocycles. The Hall–Kier alpha value is -2.14. The fourth-order valence-corrected chi connectivity index (χ4v) is 2.95. The number of aliphatic hydroxyl groups is 1. The zero-order valence-corrected chi connectivity index (χ0v) is 12.3. The molecule has 0 bridgehead atoms. The molecule has 1 aromatic carbocycles. The van der Waals surface area contributed by atoms with Gasteiger partial charge in [-0.15, -0.1) is 0 Å². The Morgan fingerprint density at radius 2 is 2.09 bits per heavy atom. The van der Waals surface area contributed by atoms with Crippen LogP contribution in [0.1, 0.15) is 29.6 Å². The quantitative estimate of drug-likeness (QED) is 0.905. The third kappa shape index (κ3) is 2.52. The van der Waals surface area contributed by atoms with Crippen molar-refractivity contribution in [3.05, 3.63) is 35.9 Å². The van der Waals surface area contributed by atoms with E-state index in [4.69, 9.17) is 0 Å². The minimum absolute atomic E-state index is 0.0258. The van der Waals surface area contributed by atoms with Gasteiger partial charge in [0, 0.05) is 24.5 Å². The number of pyridine rings is 1. The SMILES string of the molecule is O=C(NC1CC1)c1cc(N2CC[C@H](O)C2)nc2ccccc12. The van der Waals surface area contributed by atoms with Gasteiger partial charge in [-0.25, -0.2) is 4.98 Å². The molecule has 2 aromatic rings. The van der Waals surface area contributed by atoms with Crippen LogP contribution in [-0.2, 0) is 0 Å². The number of fused-ring (bicyclic) bond motifs is 1. The second-order valence-corrected chi connectivity index (χ2v) is 6.18. The lowest BCUT2D eigenvalue weighted by molar-refractivity contribution is 0.0952. The first-order valence-corrected chi connectivity index (χ1v) is 7.84. The van der Waals surface area contributed by atoms with Crippen molar-refractivity contribution < 1.29 is 9.90 Å². The number of anilines is 1. The Labute approximate surface area is 129 Å². The van der Waals surface area contributed by atoms with Crippen molar-refractivity contribution in [2.24, 2.45) is 0 Å². The maximum atomic E-state index is 12.5. The Bertz CT molecular complexity index is 727. The second-order valence-electron chi connectivity index (χ2n) is 6.18. The number of amides is 1. The molecule has 1 aliphatic heterocycles. The lowest BCUT2D eigenvalue weighted by atomic mass is 10.1. The molecule has 4 rings (SSSR count). The van der Waals surface area contributed by atoms with Crippen molar-refractivity contribution in [2.45, 2.75) is 31.4 Å². The standard InChI is InChI=1S/C17H19N3O2/c21-12-7-8-20(10-12)16-9-14(17(22)18-11-5-6-11)13-3-1-2-4-15(13)19-16/h1-4,9,11-12,21H,5-8,10H2,(H,18,22)/t12-/m0/s1. The van der Waals surface area contributed by atoms with Crippen LogP contribution in [0, 0.1) is 0 Å². The summed E-state index contributed by atoms with van der Waals surface area (Å²) in [6.45, 7) is 1.35. The average Bonchev–Trinajstić information content (AvgIpc) is 3.24. The molecule has 0 spiro atoms. The molecule has 1 atom stereocenters. The first kappa shape index (κ1) is 13.5. The minimum atomic E-state index is -0.308. The Kier molecular flexibility index (Phi) is 3.22. The predicted molar refractivity (Wildman–Crippen MR) is 85.1 cm³/mol. The summed E-state index contributed by atoms with van der Waals surface area (Å²) >= 11 is 0. The summed E-state index contributed by atoms with van der Waals surface area (Å²) < 4.78 is 0. The molecule has 2 fully saturated rings. The monoisotopic (exact) mass is 297 g/mol. The highest BCUT2D eigenvalue weighted by molar-refractivity contribution is 6.07. The van der Waals surface area contributed by atoms with Crippen molar-refractivity contribution in [3.8, 4) is 0 Å². The van der Waals surface area contributed by atoms with Crippen LogP contribution in [0.15, 0.2) is 30.3 Å². The number of rotatable bonds is 3. The van der Waals surface area contributed by atoms with Gasteiger partial charge < -0.3 is 15.3 Å². The van der Waals surface area contributed by atoms with Crippen LogP contribution >= 0.6 is 0 Å². The van der Waals surface area contributed by atoms with Crippen molar-refractivity contribution >= 4 is 22.6 Å². The molecule has 114 valence electrons. The van der Waals surface area contributed by atoms with E-state index >= 15 is 0 Å². The summed E-state index contributed by atoms with van der Waals surface area (Å²) in [4.78, 5) is 19.2. The Morgan fingerprint density at radius 3 is 2.82 bits per heavy atom. The molecule has 1 aromatic heterocycles. The molecule has 22 heavy (non-hydrogen) atoms. The van der Waals surface area contributed by atoms with Gasteiger partial charge in [-0.3, -0.25) is 4.79 Å². The van der Waals surface area contributed by atoms with Gasteiger partial charge in [-0.2, -0.15) is 0 Å². The smallest absolute Gasteiger partial charge is 0.252 e. The predicted octanol–water partition coefficient (Wildman–Crippen LogP) is 1.70. The lowest BCUT2D eigenvalue weighted by Crippen LogP contribution is -2.27. The second kappa shape index (κ2) is 5.25. The number of β-amino-alcohol motifs (C(OH)–C–C–N with tert-alkyl or cyclic N) is 1. The normalized spacial score (nSPS) is 21.3. The summed E-state index contributed by atoms with van der Waals surface area (Å²) in [7, 11) is 0. The first-order chi connectivity index (χ1) is 10.7. The van der Waals surface area contributed by atoms with Crippen LogP contribution in [0.3, 0.4) is 0 Å². The van der Waals surface area contributed by atoms with Gasteiger partial charge >= 0.3 is 0 Å². The number of nitrogens with zero attached hydrogens (tertiary/aromatic N) is 2. The molecule has 5 heteroatoms. The molecule has 1 saturated carbocycles. The van der Waals surface area contributed by atoms with Gasteiger partial charge in [0.25, 0.3) is 5.91 Å². The van der Waals surface area contributed by atoms with Crippen LogP contribution in [0.2, 0.25) is 0 Å². The van der Waals surface area contributed by atoms with Crippen molar-refractivity contribution in [1.29, 1.82) is 0 Å². The molecule has 2 aliphatic rings. The summed E-state index contributed by atoms with van der Waals surface area (Å²) in [6, 6.07) is 9.92. The molecule has 0 unspecified atom stereocenters. The molecular weight excluding hydrogens is 278 g/mol. The van der Waals surface area contributed by atoms with E-state index in [0.717, 1.165) is 42.5 Å². The number of carbonyl (C=O) groups is 1. The number of aliphatic hydroxyl groups excluding tert-OH is 1. The van der Waals surface area contributed by atoms with Crippen molar-refractivity contribution in [3.63, 3.8) is 0 Å². The summed E-state index contributed by atoms with van der Waals surface area (Å²) in [5, 5.41) is 13.7.